The molecule has 35 heavy (non-hydrogen) atoms. The molecular formula is C26H18FNO7. The fourth-order valence-corrected chi connectivity index (χ4v) is 5.34. The van der Waals surface area contributed by atoms with Crippen molar-refractivity contribution in [1.82, 2.24) is 0 Å². The number of carbonyl (C=O) groups is 3. The number of benzene rings is 3. The maximum absolute atomic E-state index is 13.9. The lowest BCUT2D eigenvalue weighted by molar-refractivity contribution is -0.384. The van der Waals surface area contributed by atoms with Gasteiger partial charge in [-0.3, -0.25) is 24.5 Å². The Hall–Kier alpha value is -4.40. The maximum atomic E-state index is 13.9. The summed E-state index contributed by atoms with van der Waals surface area (Å²) in [6, 6.07) is 16.4. The first kappa shape index (κ1) is 22.4. The fraction of sp³-hybridized carbons (Fsp3) is 0.192. The molecule has 9 heteroatoms. The summed E-state index contributed by atoms with van der Waals surface area (Å²) in [5.74, 6) is -3.56. The number of carbonyl (C=O) groups excluding carboxylic acids is 3. The average Bonchev–Trinajstić information content (AvgIpc) is 3.51. The van der Waals surface area contributed by atoms with Crippen molar-refractivity contribution in [3.63, 3.8) is 0 Å². The predicted octanol–water partition coefficient (Wildman–Crippen LogP) is 4.62. The number of esters is 2. The van der Waals surface area contributed by atoms with Crippen molar-refractivity contribution in [2.75, 3.05) is 0 Å². The lowest BCUT2D eigenvalue weighted by Gasteiger charge is -2.23. The van der Waals surface area contributed by atoms with Crippen LogP contribution >= 0.6 is 0 Å². The van der Waals surface area contributed by atoms with Crippen molar-refractivity contribution in [2.45, 2.75) is 19.3 Å². The predicted molar refractivity (Wildman–Crippen MR) is 119 cm³/mol. The zero-order chi connectivity index (χ0) is 25.0. The van der Waals surface area contributed by atoms with E-state index in [9.17, 15) is 28.9 Å². The molecular weight excluding hydrogens is 457 g/mol. The summed E-state index contributed by atoms with van der Waals surface area (Å²) in [5.41, 5.74) is -3.02. The Bertz CT molecular complexity index is 1390. The lowest BCUT2D eigenvalue weighted by atomic mass is 9.83. The van der Waals surface area contributed by atoms with Crippen LogP contribution in [0.2, 0.25) is 0 Å². The molecule has 5 rings (SSSR count). The number of nitrogens with zero attached hydrogens (tertiary/aromatic N) is 1. The maximum Gasteiger partial charge on any atom is 0.330 e. The van der Waals surface area contributed by atoms with Crippen LogP contribution in [-0.4, -0.2) is 22.6 Å². The Kier molecular flexibility index (Phi) is 5.01. The van der Waals surface area contributed by atoms with Crippen molar-refractivity contribution in [3.8, 4) is 11.5 Å². The first-order valence-electron chi connectivity index (χ1n) is 10.9. The molecule has 3 atom stereocenters. The highest BCUT2D eigenvalue weighted by atomic mass is 19.1. The molecule has 1 heterocycles. The van der Waals surface area contributed by atoms with Gasteiger partial charge in [0.1, 0.15) is 17.3 Å². The van der Waals surface area contributed by atoms with E-state index in [0.717, 1.165) is 24.3 Å². The number of fused-ring (bicyclic) bond motifs is 3. The van der Waals surface area contributed by atoms with Crippen LogP contribution in [0, 0.1) is 26.8 Å². The molecule has 0 aromatic heterocycles. The molecule has 0 spiro atoms. The van der Waals surface area contributed by atoms with Crippen molar-refractivity contribution >= 4 is 23.4 Å². The standard InChI is InChI=1S/C26H18FNO7/c1-2-25(22(29)15-7-9-16(27)10-8-15)21-19-5-3-4-6-20(19)35-24(31)26(21,25)23(30)34-18-13-11-17(12-14-18)28(32)33/h3-14,21H,2H2,1H3/t21-,25-,26-/m0/s1. The number of nitro groups is 1. The Morgan fingerprint density at radius 3 is 2.34 bits per heavy atom. The van der Waals surface area contributed by atoms with Gasteiger partial charge in [-0.1, -0.05) is 25.1 Å². The van der Waals surface area contributed by atoms with Gasteiger partial charge in [-0.2, -0.15) is 0 Å². The summed E-state index contributed by atoms with van der Waals surface area (Å²) in [6.07, 6.45) is 0.104. The van der Waals surface area contributed by atoms with Crippen LogP contribution in [0.5, 0.6) is 11.5 Å². The summed E-state index contributed by atoms with van der Waals surface area (Å²) in [6.45, 7) is 1.69. The molecule has 0 radical (unpaired) electrons. The van der Waals surface area contributed by atoms with Gasteiger partial charge in [0.2, 0.25) is 0 Å². The van der Waals surface area contributed by atoms with E-state index in [0.29, 0.717) is 5.56 Å². The Balaban J connectivity index is 1.62. The number of Topliss-reactive ketones (excluding diaryl/α,β-unsaturated/α-hetero) is 1. The van der Waals surface area contributed by atoms with Crippen LogP contribution in [0.25, 0.3) is 0 Å². The zero-order valence-corrected chi connectivity index (χ0v) is 18.4. The first-order valence-corrected chi connectivity index (χ1v) is 10.9. The van der Waals surface area contributed by atoms with Crippen LogP contribution in [0.4, 0.5) is 10.1 Å². The first-order chi connectivity index (χ1) is 16.8. The van der Waals surface area contributed by atoms with E-state index < -0.39 is 45.2 Å². The van der Waals surface area contributed by atoms with Gasteiger partial charge in [0.05, 0.1) is 10.3 Å². The number of nitro benzene ring substituents is 1. The topological polar surface area (TPSA) is 113 Å². The minimum atomic E-state index is -1.97. The molecule has 176 valence electrons. The molecule has 0 amide bonds. The van der Waals surface area contributed by atoms with Crippen molar-refractivity contribution in [2.24, 2.45) is 10.8 Å². The number of non-ortho nitro benzene ring substituents is 1. The largest absolute Gasteiger partial charge is 0.426 e. The molecule has 0 saturated heterocycles. The number of ketones is 1. The van der Waals surface area contributed by atoms with Gasteiger partial charge in [0, 0.05) is 29.2 Å². The summed E-state index contributed by atoms with van der Waals surface area (Å²) < 4.78 is 24.5. The third-order valence-electron chi connectivity index (χ3n) is 6.95. The summed E-state index contributed by atoms with van der Waals surface area (Å²) in [5, 5.41) is 10.9. The lowest BCUT2D eigenvalue weighted by Crippen LogP contribution is -2.42. The second-order valence-electron chi connectivity index (χ2n) is 8.47. The summed E-state index contributed by atoms with van der Waals surface area (Å²) >= 11 is 0. The minimum Gasteiger partial charge on any atom is -0.426 e. The molecule has 2 aliphatic rings. The quantitative estimate of drug-likeness (QED) is 0.128. The molecule has 3 aromatic rings. The second kappa shape index (κ2) is 7.83. The van der Waals surface area contributed by atoms with E-state index in [4.69, 9.17) is 9.47 Å². The molecule has 0 bridgehead atoms. The number of ether oxygens (including phenoxy) is 2. The van der Waals surface area contributed by atoms with Gasteiger partial charge in [-0.15, -0.1) is 0 Å². The highest BCUT2D eigenvalue weighted by Gasteiger charge is 2.90. The molecule has 0 N–H and O–H groups in total. The smallest absolute Gasteiger partial charge is 0.330 e. The zero-order valence-electron chi connectivity index (χ0n) is 18.4. The number of rotatable bonds is 6. The van der Waals surface area contributed by atoms with Crippen LogP contribution in [0.1, 0.15) is 35.2 Å². The van der Waals surface area contributed by atoms with E-state index in [1.165, 1.54) is 24.3 Å². The summed E-state index contributed by atoms with van der Waals surface area (Å²) in [7, 11) is 0. The summed E-state index contributed by atoms with van der Waals surface area (Å²) in [4.78, 5) is 51.3. The molecule has 1 aliphatic heterocycles. The molecule has 1 fully saturated rings. The van der Waals surface area contributed by atoms with E-state index >= 15 is 0 Å². The van der Waals surface area contributed by atoms with Crippen LogP contribution in [0.3, 0.4) is 0 Å². The minimum absolute atomic E-state index is 0.0217. The van der Waals surface area contributed by atoms with Crippen LogP contribution in [0.15, 0.2) is 72.8 Å². The highest BCUT2D eigenvalue weighted by molar-refractivity contribution is 6.20. The van der Waals surface area contributed by atoms with Gasteiger partial charge >= 0.3 is 11.9 Å². The number of halogens is 1. The number of hydrogen-bond donors (Lipinski definition) is 0. The van der Waals surface area contributed by atoms with Gasteiger partial charge < -0.3 is 9.47 Å². The number of para-hydroxylation sites is 1. The van der Waals surface area contributed by atoms with Gasteiger partial charge in [-0.25, -0.2) is 4.39 Å². The molecule has 1 saturated carbocycles. The molecule has 0 unspecified atom stereocenters. The van der Waals surface area contributed by atoms with Crippen LogP contribution < -0.4 is 9.47 Å². The third kappa shape index (κ3) is 3.01. The van der Waals surface area contributed by atoms with E-state index in [1.807, 2.05) is 0 Å². The average molecular weight is 475 g/mol. The number of hydrogen-bond acceptors (Lipinski definition) is 7. The van der Waals surface area contributed by atoms with Gasteiger partial charge in [0.15, 0.2) is 11.2 Å². The Labute approximate surface area is 198 Å². The Morgan fingerprint density at radius 1 is 1.06 bits per heavy atom. The SMILES string of the molecule is CC[C@@]1(C(=O)c2ccc(F)cc2)[C@@H]2c3ccccc3OC(=O)[C@@]21C(=O)Oc1ccc([N+](=O)[O-])cc1. The van der Waals surface area contributed by atoms with Crippen molar-refractivity contribution in [3.05, 3.63) is 99.9 Å². The van der Waals surface area contributed by atoms with Crippen molar-refractivity contribution in [1.29, 1.82) is 0 Å². The van der Waals surface area contributed by atoms with E-state index in [2.05, 4.69) is 0 Å². The second-order valence-corrected chi connectivity index (χ2v) is 8.47. The third-order valence-corrected chi connectivity index (χ3v) is 6.95. The Morgan fingerprint density at radius 2 is 1.71 bits per heavy atom. The molecule has 8 nitrogen and oxygen atoms in total. The normalized spacial score (nSPS) is 23.9. The van der Waals surface area contributed by atoms with E-state index in [-0.39, 0.29) is 29.2 Å². The van der Waals surface area contributed by atoms with Gasteiger partial charge in [0.25, 0.3) is 5.69 Å². The highest BCUT2D eigenvalue weighted by Crippen LogP contribution is 2.80. The van der Waals surface area contributed by atoms with Crippen molar-refractivity contribution < 1.29 is 33.2 Å². The molecule has 1 aliphatic carbocycles. The van der Waals surface area contributed by atoms with E-state index in [1.54, 1.807) is 31.2 Å². The van der Waals surface area contributed by atoms with Gasteiger partial charge in [-0.05, 0) is 48.9 Å². The fourth-order valence-electron chi connectivity index (χ4n) is 5.34. The molecule has 3 aromatic carbocycles. The van der Waals surface area contributed by atoms with Crippen LogP contribution in [-0.2, 0) is 9.59 Å². The monoisotopic (exact) mass is 475 g/mol.